The molecule has 1 aliphatic heterocycles. The first kappa shape index (κ1) is 22.9. The van der Waals surface area contributed by atoms with Gasteiger partial charge >= 0.3 is 0 Å². The first-order valence-corrected chi connectivity index (χ1v) is 12.0. The summed E-state index contributed by atoms with van der Waals surface area (Å²) in [4.78, 5) is 32.7. The summed E-state index contributed by atoms with van der Waals surface area (Å²) in [5.74, 6) is -1.07. The van der Waals surface area contributed by atoms with Crippen molar-refractivity contribution in [1.29, 1.82) is 0 Å². The average Bonchev–Trinajstić information content (AvgIpc) is 3.14. The van der Waals surface area contributed by atoms with E-state index < -0.39 is 11.4 Å². The van der Waals surface area contributed by atoms with Gasteiger partial charge in [0.05, 0.1) is 4.91 Å². The van der Waals surface area contributed by atoms with Gasteiger partial charge in [0.2, 0.25) is 5.88 Å². The van der Waals surface area contributed by atoms with Crippen molar-refractivity contribution in [3.05, 3.63) is 111 Å². The highest BCUT2D eigenvalue weighted by Gasteiger charge is 2.32. The number of fused-ring (bicyclic) bond motifs is 1. The van der Waals surface area contributed by atoms with Gasteiger partial charge in [-0.3, -0.25) is 18.9 Å². The molecule has 1 aliphatic rings. The van der Waals surface area contributed by atoms with Crippen molar-refractivity contribution in [3.8, 4) is 11.6 Å². The maximum absolute atomic E-state index is 14.3. The molecule has 174 valence electrons. The fourth-order valence-electron chi connectivity index (χ4n) is 3.62. The van der Waals surface area contributed by atoms with Crippen LogP contribution in [0.1, 0.15) is 11.1 Å². The number of carbonyl (C=O) groups excluding carboxylic acids is 1. The smallest absolute Gasteiger partial charge is 0.269 e. The maximum Gasteiger partial charge on any atom is 0.269 e. The van der Waals surface area contributed by atoms with Crippen LogP contribution < -0.4 is 10.3 Å². The number of amides is 1. The molecule has 3 heterocycles. The van der Waals surface area contributed by atoms with Crippen LogP contribution in [0.15, 0.2) is 88.7 Å². The van der Waals surface area contributed by atoms with E-state index >= 15 is 0 Å². The minimum Gasteiger partial charge on any atom is -0.435 e. The number of nitrogens with zero attached hydrogens (tertiary/aromatic N) is 3. The van der Waals surface area contributed by atoms with E-state index in [1.165, 1.54) is 33.6 Å². The second kappa shape index (κ2) is 9.81. The Balaban J connectivity index is 1.52. The standard InChI is InChI=1S/C26H18FN3O3S2/c27-19-10-4-5-11-20(19)33-23-18(24(31)29-14-7-6-12-22(29)28-23)16-21-25(32)30(26(34)35-21)15-13-17-8-2-1-3-9-17/h1-12,14,16H,13,15H2/b21-16+. The van der Waals surface area contributed by atoms with Crippen LogP contribution in [0.4, 0.5) is 4.39 Å². The molecule has 0 atom stereocenters. The summed E-state index contributed by atoms with van der Waals surface area (Å²) in [6, 6.07) is 20.7. The zero-order valence-electron chi connectivity index (χ0n) is 18.3. The lowest BCUT2D eigenvalue weighted by atomic mass is 10.1. The molecular weight excluding hydrogens is 485 g/mol. The van der Waals surface area contributed by atoms with E-state index in [2.05, 4.69) is 4.98 Å². The topological polar surface area (TPSA) is 63.9 Å². The minimum atomic E-state index is -0.597. The van der Waals surface area contributed by atoms with E-state index in [0.717, 1.165) is 17.3 Å². The second-order valence-electron chi connectivity index (χ2n) is 7.67. The summed E-state index contributed by atoms with van der Waals surface area (Å²) < 4.78 is 21.8. The fraction of sp³-hybridized carbons (Fsp3) is 0.0769. The number of para-hydroxylation sites is 1. The van der Waals surface area contributed by atoms with Crippen molar-refractivity contribution < 1.29 is 13.9 Å². The van der Waals surface area contributed by atoms with Crippen LogP contribution in [-0.2, 0) is 11.2 Å². The first-order valence-electron chi connectivity index (χ1n) is 10.7. The van der Waals surface area contributed by atoms with Crippen molar-refractivity contribution in [2.75, 3.05) is 6.54 Å². The average molecular weight is 504 g/mol. The van der Waals surface area contributed by atoms with Crippen LogP contribution in [0.3, 0.4) is 0 Å². The van der Waals surface area contributed by atoms with Crippen LogP contribution in [0.25, 0.3) is 11.7 Å². The number of pyridine rings is 1. The van der Waals surface area contributed by atoms with Crippen molar-refractivity contribution in [3.63, 3.8) is 0 Å². The highest BCUT2D eigenvalue weighted by atomic mass is 32.2. The van der Waals surface area contributed by atoms with Crippen molar-refractivity contribution in [2.24, 2.45) is 0 Å². The number of benzene rings is 2. The Bertz CT molecular complexity index is 1540. The minimum absolute atomic E-state index is 0.0283. The van der Waals surface area contributed by atoms with Gasteiger partial charge in [0.15, 0.2) is 11.6 Å². The van der Waals surface area contributed by atoms with Gasteiger partial charge < -0.3 is 4.74 Å². The molecule has 0 N–H and O–H groups in total. The molecule has 1 fully saturated rings. The number of ether oxygens (including phenoxy) is 1. The third-order valence-corrected chi connectivity index (χ3v) is 6.77. The number of aromatic nitrogens is 2. The summed E-state index contributed by atoms with van der Waals surface area (Å²) in [5, 5.41) is 0. The lowest BCUT2D eigenvalue weighted by Crippen LogP contribution is -2.30. The molecule has 1 amide bonds. The number of carbonyl (C=O) groups is 1. The van der Waals surface area contributed by atoms with Gasteiger partial charge in [0.1, 0.15) is 15.5 Å². The molecule has 2 aromatic heterocycles. The predicted octanol–water partition coefficient (Wildman–Crippen LogP) is 5.07. The second-order valence-corrected chi connectivity index (χ2v) is 9.34. The Kier molecular flexibility index (Phi) is 6.43. The number of hydrogen-bond acceptors (Lipinski definition) is 6. The molecule has 6 nitrogen and oxygen atoms in total. The predicted molar refractivity (Wildman–Crippen MR) is 138 cm³/mol. The molecule has 0 unspecified atom stereocenters. The Morgan fingerprint density at radius 3 is 2.54 bits per heavy atom. The van der Waals surface area contributed by atoms with Crippen LogP contribution in [0.5, 0.6) is 11.6 Å². The van der Waals surface area contributed by atoms with Gasteiger partial charge in [-0.2, -0.15) is 4.98 Å². The van der Waals surface area contributed by atoms with E-state index in [1.54, 1.807) is 30.5 Å². The third-order valence-electron chi connectivity index (χ3n) is 5.39. The molecule has 0 saturated carbocycles. The number of rotatable bonds is 6. The number of hydrogen-bond donors (Lipinski definition) is 0. The first-order chi connectivity index (χ1) is 17.0. The Morgan fingerprint density at radius 1 is 1.00 bits per heavy atom. The lowest BCUT2D eigenvalue weighted by molar-refractivity contribution is -0.122. The van der Waals surface area contributed by atoms with Crippen LogP contribution in [0, 0.1) is 5.82 Å². The van der Waals surface area contributed by atoms with Crippen molar-refractivity contribution in [1.82, 2.24) is 14.3 Å². The molecule has 2 aromatic carbocycles. The van der Waals surface area contributed by atoms with Gasteiger partial charge in [-0.25, -0.2) is 4.39 Å². The molecule has 0 spiro atoms. The van der Waals surface area contributed by atoms with E-state index in [0.29, 0.717) is 22.9 Å². The largest absolute Gasteiger partial charge is 0.435 e. The summed E-state index contributed by atoms with van der Waals surface area (Å²) in [7, 11) is 0. The molecule has 0 aliphatic carbocycles. The quantitative estimate of drug-likeness (QED) is 0.270. The molecule has 4 aromatic rings. The Hall–Kier alpha value is -3.82. The number of thioether (sulfide) groups is 1. The van der Waals surface area contributed by atoms with Gasteiger partial charge in [-0.15, -0.1) is 0 Å². The zero-order chi connectivity index (χ0) is 24.4. The van der Waals surface area contributed by atoms with E-state index in [9.17, 15) is 14.0 Å². The van der Waals surface area contributed by atoms with Gasteiger partial charge in [-0.05, 0) is 42.3 Å². The lowest BCUT2D eigenvalue weighted by Gasteiger charge is -2.14. The van der Waals surface area contributed by atoms with E-state index in [4.69, 9.17) is 17.0 Å². The summed E-state index contributed by atoms with van der Waals surface area (Å²) in [6.07, 6.45) is 3.63. The van der Waals surface area contributed by atoms with Gasteiger partial charge in [0, 0.05) is 12.7 Å². The summed E-state index contributed by atoms with van der Waals surface area (Å²) >= 11 is 6.55. The van der Waals surface area contributed by atoms with Crippen LogP contribution >= 0.6 is 24.0 Å². The fourth-order valence-corrected chi connectivity index (χ4v) is 4.92. The Labute approximate surface area is 209 Å². The molecule has 35 heavy (non-hydrogen) atoms. The maximum atomic E-state index is 14.3. The SMILES string of the molecule is O=C1/C(=C\c2c(Oc3ccccc3F)nc3ccccn3c2=O)SC(=S)N1CCc1ccccc1. The van der Waals surface area contributed by atoms with Gasteiger partial charge in [0.25, 0.3) is 11.5 Å². The van der Waals surface area contributed by atoms with E-state index in [1.807, 2.05) is 30.3 Å². The van der Waals surface area contributed by atoms with Crippen molar-refractivity contribution in [2.45, 2.75) is 6.42 Å². The molecule has 0 radical (unpaired) electrons. The molecule has 1 saturated heterocycles. The Morgan fingerprint density at radius 2 is 1.74 bits per heavy atom. The zero-order valence-corrected chi connectivity index (χ0v) is 19.9. The number of halogens is 1. The van der Waals surface area contributed by atoms with Crippen LogP contribution in [-0.4, -0.2) is 31.1 Å². The highest BCUT2D eigenvalue weighted by Crippen LogP contribution is 2.34. The molecule has 9 heteroatoms. The third kappa shape index (κ3) is 4.73. The van der Waals surface area contributed by atoms with Gasteiger partial charge in [-0.1, -0.05) is 72.5 Å². The normalized spacial score (nSPS) is 14.8. The number of thiocarbonyl (C=S) groups is 1. The molecule has 5 rings (SSSR count). The highest BCUT2D eigenvalue weighted by molar-refractivity contribution is 8.26. The van der Waals surface area contributed by atoms with E-state index in [-0.39, 0.29) is 28.0 Å². The summed E-state index contributed by atoms with van der Waals surface area (Å²) in [5.41, 5.74) is 0.997. The van der Waals surface area contributed by atoms with Crippen LogP contribution in [0.2, 0.25) is 0 Å². The monoisotopic (exact) mass is 503 g/mol. The molecule has 0 bridgehead atoms. The van der Waals surface area contributed by atoms with Crippen molar-refractivity contribution >= 4 is 45.9 Å². The molecular formula is C26H18FN3O3S2. The summed E-state index contributed by atoms with van der Waals surface area (Å²) in [6.45, 7) is 0.416.